The van der Waals surface area contributed by atoms with Gasteiger partial charge in [0, 0.05) is 15.2 Å². The molecule has 0 spiro atoms. The number of benzene rings is 2. The predicted molar refractivity (Wildman–Crippen MR) is 110 cm³/mol. The van der Waals surface area contributed by atoms with E-state index in [0.29, 0.717) is 22.1 Å². The second-order valence-electron chi connectivity index (χ2n) is 5.68. The Labute approximate surface area is 169 Å². The Bertz CT molecular complexity index is 982. The molecule has 0 unspecified atom stereocenters. The van der Waals surface area contributed by atoms with Gasteiger partial charge in [-0.2, -0.15) is 5.10 Å². The van der Waals surface area contributed by atoms with Crippen molar-refractivity contribution in [2.24, 2.45) is 5.10 Å². The van der Waals surface area contributed by atoms with Gasteiger partial charge >= 0.3 is 6.03 Å². The highest BCUT2D eigenvalue weighted by molar-refractivity contribution is 9.10. The van der Waals surface area contributed by atoms with Gasteiger partial charge in [-0.1, -0.05) is 32.7 Å². The van der Waals surface area contributed by atoms with Crippen molar-refractivity contribution in [1.82, 2.24) is 20.4 Å². The van der Waals surface area contributed by atoms with E-state index in [4.69, 9.17) is 11.6 Å². The molecule has 0 fully saturated rings. The molecule has 0 aliphatic heterocycles. The molecule has 0 aliphatic carbocycles. The maximum atomic E-state index is 12.0. The van der Waals surface area contributed by atoms with E-state index in [1.807, 2.05) is 31.2 Å². The van der Waals surface area contributed by atoms with Crippen LogP contribution in [0, 0.1) is 6.92 Å². The molecular formula is C18H16BrClN6O. The number of nitrogens with one attached hydrogen (secondary N) is 2. The number of anilines is 1. The van der Waals surface area contributed by atoms with Crippen molar-refractivity contribution in [3.63, 3.8) is 0 Å². The van der Waals surface area contributed by atoms with Crippen LogP contribution in [0.15, 0.2) is 58.1 Å². The Morgan fingerprint density at radius 1 is 1.15 bits per heavy atom. The number of amides is 2. The lowest BCUT2D eigenvalue weighted by Crippen LogP contribution is -2.25. The number of urea groups is 1. The van der Waals surface area contributed by atoms with E-state index < -0.39 is 6.03 Å². The van der Waals surface area contributed by atoms with E-state index in [1.165, 1.54) is 0 Å². The highest BCUT2D eigenvalue weighted by Gasteiger charge is 2.13. The Balaban J connectivity index is 1.70. The standard InChI is InChI=1S/C18H16BrClN6O/c1-11(22-24-18(27)21-15-7-5-14(20)6-8-15)17-12(2)26(25-23-17)16-9-3-13(19)4-10-16/h3-10H,1-2H3,(H2,21,24,27)/b22-11+. The molecule has 27 heavy (non-hydrogen) atoms. The van der Waals surface area contributed by atoms with Crippen molar-refractivity contribution in [1.29, 1.82) is 0 Å². The molecule has 0 atom stereocenters. The van der Waals surface area contributed by atoms with E-state index in [0.717, 1.165) is 15.9 Å². The SMILES string of the molecule is C/C(=N\NC(=O)Nc1ccc(Cl)cc1)c1nnn(-c2ccc(Br)cc2)c1C. The minimum atomic E-state index is -0.463. The fourth-order valence-electron chi connectivity index (χ4n) is 2.37. The molecule has 138 valence electrons. The molecule has 2 N–H and O–H groups in total. The van der Waals surface area contributed by atoms with Crippen LogP contribution in [0.3, 0.4) is 0 Å². The highest BCUT2D eigenvalue weighted by atomic mass is 79.9. The molecular weight excluding hydrogens is 432 g/mol. The van der Waals surface area contributed by atoms with Crippen LogP contribution in [0.4, 0.5) is 10.5 Å². The number of hydrogen-bond acceptors (Lipinski definition) is 4. The first-order valence-corrected chi connectivity index (χ1v) is 9.16. The summed E-state index contributed by atoms with van der Waals surface area (Å²) in [5.74, 6) is 0. The van der Waals surface area contributed by atoms with Gasteiger partial charge in [0.05, 0.1) is 17.1 Å². The largest absolute Gasteiger partial charge is 0.339 e. The van der Waals surface area contributed by atoms with Crippen LogP contribution in [-0.4, -0.2) is 26.7 Å². The van der Waals surface area contributed by atoms with Gasteiger partial charge in [-0.25, -0.2) is 14.9 Å². The van der Waals surface area contributed by atoms with Crippen LogP contribution in [0.25, 0.3) is 5.69 Å². The molecule has 1 heterocycles. The third-order valence-corrected chi connectivity index (χ3v) is 4.52. The molecule has 0 saturated heterocycles. The van der Waals surface area contributed by atoms with Gasteiger partial charge in [0.15, 0.2) is 0 Å². The number of rotatable bonds is 4. The molecule has 1 aromatic heterocycles. The van der Waals surface area contributed by atoms with Crippen molar-refractivity contribution in [2.45, 2.75) is 13.8 Å². The van der Waals surface area contributed by atoms with Crippen molar-refractivity contribution in [3.8, 4) is 5.69 Å². The van der Waals surface area contributed by atoms with Gasteiger partial charge in [0.25, 0.3) is 0 Å². The molecule has 0 aliphatic rings. The molecule has 9 heteroatoms. The third-order valence-electron chi connectivity index (χ3n) is 3.74. The van der Waals surface area contributed by atoms with Crippen LogP contribution in [0.2, 0.25) is 5.02 Å². The van der Waals surface area contributed by atoms with Crippen LogP contribution in [0.1, 0.15) is 18.3 Å². The molecule has 0 bridgehead atoms. The summed E-state index contributed by atoms with van der Waals surface area (Å²) in [6.07, 6.45) is 0. The topological polar surface area (TPSA) is 84.2 Å². The lowest BCUT2D eigenvalue weighted by molar-refractivity contribution is 0.252. The zero-order valence-corrected chi connectivity index (χ0v) is 16.9. The number of hydrazone groups is 1. The Kier molecular flexibility index (Phi) is 5.88. The van der Waals surface area contributed by atoms with Gasteiger partial charge in [-0.3, -0.25) is 0 Å². The van der Waals surface area contributed by atoms with Crippen LogP contribution >= 0.6 is 27.5 Å². The first-order valence-electron chi connectivity index (χ1n) is 7.99. The molecule has 3 rings (SSSR count). The fraction of sp³-hybridized carbons (Fsp3) is 0.111. The maximum absolute atomic E-state index is 12.0. The Hall–Kier alpha value is -2.71. The van der Waals surface area contributed by atoms with Crippen molar-refractivity contribution in [2.75, 3.05) is 5.32 Å². The minimum Gasteiger partial charge on any atom is -0.307 e. The number of carbonyl (C=O) groups excluding carboxylic acids is 1. The van der Waals surface area contributed by atoms with E-state index in [1.54, 1.807) is 35.9 Å². The Morgan fingerprint density at radius 3 is 2.48 bits per heavy atom. The summed E-state index contributed by atoms with van der Waals surface area (Å²) in [5.41, 5.74) is 5.91. The molecule has 0 saturated carbocycles. The summed E-state index contributed by atoms with van der Waals surface area (Å²) in [6.45, 7) is 3.65. The summed E-state index contributed by atoms with van der Waals surface area (Å²) in [6, 6.07) is 14.0. The quantitative estimate of drug-likeness (QED) is 0.455. The Morgan fingerprint density at radius 2 is 1.81 bits per heavy atom. The van der Waals surface area contributed by atoms with E-state index in [-0.39, 0.29) is 0 Å². The number of nitrogens with zero attached hydrogens (tertiary/aromatic N) is 4. The van der Waals surface area contributed by atoms with Gasteiger partial charge in [-0.15, -0.1) is 5.10 Å². The summed E-state index contributed by atoms with van der Waals surface area (Å²) in [7, 11) is 0. The van der Waals surface area contributed by atoms with Gasteiger partial charge < -0.3 is 5.32 Å². The van der Waals surface area contributed by atoms with Gasteiger partial charge in [-0.05, 0) is 62.4 Å². The molecule has 2 aromatic carbocycles. The first-order chi connectivity index (χ1) is 12.9. The van der Waals surface area contributed by atoms with Crippen LogP contribution in [0.5, 0.6) is 0 Å². The second-order valence-corrected chi connectivity index (χ2v) is 7.03. The normalized spacial score (nSPS) is 11.3. The molecule has 3 aromatic rings. The van der Waals surface area contributed by atoms with E-state index >= 15 is 0 Å². The zero-order chi connectivity index (χ0) is 19.4. The van der Waals surface area contributed by atoms with Crippen molar-refractivity contribution >= 4 is 45.0 Å². The number of hydrogen-bond donors (Lipinski definition) is 2. The summed E-state index contributed by atoms with van der Waals surface area (Å²) < 4.78 is 2.70. The van der Waals surface area contributed by atoms with Gasteiger partial charge in [0.2, 0.25) is 0 Å². The highest BCUT2D eigenvalue weighted by Crippen LogP contribution is 2.16. The zero-order valence-electron chi connectivity index (χ0n) is 14.6. The summed E-state index contributed by atoms with van der Waals surface area (Å²) in [4.78, 5) is 12.0. The van der Waals surface area contributed by atoms with E-state index in [9.17, 15) is 4.79 Å². The average Bonchev–Trinajstić information content (AvgIpc) is 3.04. The smallest absolute Gasteiger partial charge is 0.307 e. The van der Waals surface area contributed by atoms with Gasteiger partial charge in [0.1, 0.15) is 5.69 Å². The fourth-order valence-corrected chi connectivity index (χ4v) is 2.76. The maximum Gasteiger partial charge on any atom is 0.339 e. The lowest BCUT2D eigenvalue weighted by Gasteiger charge is -2.06. The molecule has 0 radical (unpaired) electrons. The number of aromatic nitrogens is 3. The number of halogens is 2. The third kappa shape index (κ3) is 4.72. The van der Waals surface area contributed by atoms with Crippen LogP contribution in [-0.2, 0) is 0 Å². The predicted octanol–water partition coefficient (Wildman–Crippen LogP) is 4.54. The van der Waals surface area contributed by atoms with Crippen molar-refractivity contribution in [3.05, 3.63) is 69.4 Å². The summed E-state index contributed by atoms with van der Waals surface area (Å²) in [5, 5.41) is 15.7. The molecule has 2 amide bonds. The number of carbonyl (C=O) groups is 1. The first kappa shape index (κ1) is 19.1. The second kappa shape index (κ2) is 8.32. The average molecular weight is 448 g/mol. The van der Waals surface area contributed by atoms with Crippen LogP contribution < -0.4 is 10.7 Å². The van der Waals surface area contributed by atoms with Crippen molar-refractivity contribution < 1.29 is 4.79 Å². The minimum absolute atomic E-state index is 0.463. The monoisotopic (exact) mass is 446 g/mol. The lowest BCUT2D eigenvalue weighted by atomic mass is 10.2. The summed E-state index contributed by atoms with van der Waals surface area (Å²) >= 11 is 9.23. The molecule has 7 nitrogen and oxygen atoms in total. The van der Waals surface area contributed by atoms with E-state index in [2.05, 4.69) is 42.1 Å².